The van der Waals surface area contributed by atoms with Crippen LogP contribution in [0.4, 0.5) is 5.69 Å². The Bertz CT molecular complexity index is 448. The number of carbonyl (C=O) groups is 1. The SMILES string of the molecule is Cc1cnc(Cl)c(NC(=O)COC2CCNCC2)c1. The Morgan fingerprint density at radius 2 is 2.32 bits per heavy atom. The lowest BCUT2D eigenvalue weighted by Crippen LogP contribution is -2.34. The molecule has 1 aliphatic rings. The lowest BCUT2D eigenvalue weighted by Gasteiger charge is -2.22. The van der Waals surface area contributed by atoms with Crippen LogP contribution in [0, 0.1) is 6.92 Å². The lowest BCUT2D eigenvalue weighted by atomic mass is 10.1. The molecule has 2 N–H and O–H groups in total. The molecule has 19 heavy (non-hydrogen) atoms. The van der Waals surface area contributed by atoms with E-state index in [0.717, 1.165) is 31.5 Å². The number of aryl methyl sites for hydroxylation is 1. The zero-order chi connectivity index (χ0) is 13.7. The molecule has 0 atom stereocenters. The molecule has 1 saturated heterocycles. The summed E-state index contributed by atoms with van der Waals surface area (Å²) in [6.45, 7) is 3.83. The van der Waals surface area contributed by atoms with Gasteiger partial charge in [-0.3, -0.25) is 4.79 Å². The van der Waals surface area contributed by atoms with Crippen LogP contribution in [0.3, 0.4) is 0 Å². The molecule has 0 bridgehead atoms. The first kappa shape index (κ1) is 14.2. The highest BCUT2D eigenvalue weighted by molar-refractivity contribution is 6.32. The zero-order valence-corrected chi connectivity index (χ0v) is 11.7. The maximum atomic E-state index is 11.8. The number of rotatable bonds is 4. The van der Waals surface area contributed by atoms with Crippen LogP contribution in [0.15, 0.2) is 12.3 Å². The Kier molecular flexibility index (Phi) is 5.13. The summed E-state index contributed by atoms with van der Waals surface area (Å²) < 4.78 is 5.57. The smallest absolute Gasteiger partial charge is 0.250 e. The third-order valence-electron chi connectivity index (χ3n) is 2.99. The number of amides is 1. The molecule has 1 amide bonds. The van der Waals surface area contributed by atoms with Crippen molar-refractivity contribution >= 4 is 23.2 Å². The quantitative estimate of drug-likeness (QED) is 0.827. The standard InChI is InChI=1S/C13H18ClN3O2/c1-9-6-11(13(14)16-7-9)17-12(18)8-19-10-2-4-15-5-3-10/h6-7,10,15H,2-5,8H2,1H3,(H,17,18). The Morgan fingerprint density at radius 1 is 1.58 bits per heavy atom. The first-order valence-electron chi connectivity index (χ1n) is 6.39. The van der Waals surface area contributed by atoms with Gasteiger partial charge >= 0.3 is 0 Å². The summed E-state index contributed by atoms with van der Waals surface area (Å²) in [7, 11) is 0. The van der Waals surface area contributed by atoms with E-state index in [9.17, 15) is 4.79 Å². The van der Waals surface area contributed by atoms with Crippen LogP contribution in [-0.2, 0) is 9.53 Å². The van der Waals surface area contributed by atoms with Crippen LogP contribution >= 0.6 is 11.6 Å². The van der Waals surface area contributed by atoms with Crippen molar-refractivity contribution in [3.05, 3.63) is 23.0 Å². The number of aromatic nitrogens is 1. The van der Waals surface area contributed by atoms with Crippen LogP contribution in [0.5, 0.6) is 0 Å². The second-order valence-electron chi connectivity index (χ2n) is 4.66. The van der Waals surface area contributed by atoms with E-state index < -0.39 is 0 Å². The number of pyridine rings is 1. The average molecular weight is 284 g/mol. The topological polar surface area (TPSA) is 63.2 Å². The average Bonchev–Trinajstić information content (AvgIpc) is 2.42. The van der Waals surface area contributed by atoms with Gasteiger partial charge in [0, 0.05) is 6.20 Å². The fourth-order valence-corrected chi connectivity index (χ4v) is 2.13. The monoisotopic (exact) mass is 283 g/mol. The first-order valence-corrected chi connectivity index (χ1v) is 6.77. The Morgan fingerprint density at radius 3 is 3.05 bits per heavy atom. The maximum Gasteiger partial charge on any atom is 0.250 e. The third-order valence-corrected chi connectivity index (χ3v) is 3.29. The highest BCUT2D eigenvalue weighted by atomic mass is 35.5. The van der Waals surface area contributed by atoms with Crippen LogP contribution in [-0.4, -0.2) is 36.7 Å². The molecule has 6 heteroatoms. The predicted molar refractivity (Wildman–Crippen MR) is 74.5 cm³/mol. The number of anilines is 1. The summed E-state index contributed by atoms with van der Waals surface area (Å²) in [5.41, 5.74) is 1.47. The van der Waals surface area contributed by atoms with Crippen LogP contribution in [0.1, 0.15) is 18.4 Å². The van der Waals surface area contributed by atoms with Gasteiger partial charge in [-0.2, -0.15) is 0 Å². The molecule has 1 aliphatic heterocycles. The van der Waals surface area contributed by atoms with Crippen molar-refractivity contribution in [2.45, 2.75) is 25.9 Å². The first-order chi connectivity index (χ1) is 9.15. The van der Waals surface area contributed by atoms with Gasteiger partial charge in [0.2, 0.25) is 5.91 Å². The second-order valence-corrected chi connectivity index (χ2v) is 5.02. The number of piperidine rings is 1. The van der Waals surface area contributed by atoms with E-state index in [2.05, 4.69) is 15.6 Å². The molecule has 5 nitrogen and oxygen atoms in total. The highest BCUT2D eigenvalue weighted by Crippen LogP contribution is 2.19. The van der Waals surface area contributed by atoms with E-state index in [1.807, 2.05) is 6.92 Å². The Labute approximate surface area is 117 Å². The Hall–Kier alpha value is -1.17. The van der Waals surface area contributed by atoms with Crippen molar-refractivity contribution < 1.29 is 9.53 Å². The van der Waals surface area contributed by atoms with Gasteiger partial charge in [0.1, 0.15) is 6.61 Å². The summed E-state index contributed by atoms with van der Waals surface area (Å²) in [6.07, 6.45) is 3.71. The molecule has 1 fully saturated rings. The summed E-state index contributed by atoms with van der Waals surface area (Å²) >= 11 is 5.91. The van der Waals surface area contributed by atoms with Gasteiger partial charge in [0.15, 0.2) is 5.15 Å². The van der Waals surface area contributed by atoms with Crippen molar-refractivity contribution in [1.29, 1.82) is 0 Å². The van der Waals surface area contributed by atoms with E-state index in [1.54, 1.807) is 12.3 Å². The van der Waals surface area contributed by atoms with Gasteiger partial charge in [0.05, 0.1) is 11.8 Å². The van der Waals surface area contributed by atoms with E-state index in [4.69, 9.17) is 16.3 Å². The van der Waals surface area contributed by atoms with E-state index in [-0.39, 0.29) is 18.6 Å². The second kappa shape index (κ2) is 6.84. The van der Waals surface area contributed by atoms with Crippen molar-refractivity contribution in [3.8, 4) is 0 Å². The van der Waals surface area contributed by atoms with Gasteiger partial charge in [0.25, 0.3) is 0 Å². The zero-order valence-electron chi connectivity index (χ0n) is 10.9. The molecule has 0 aromatic carbocycles. The predicted octanol–water partition coefficient (Wildman–Crippen LogP) is 1.75. The minimum Gasteiger partial charge on any atom is -0.368 e. The number of hydrogen-bond acceptors (Lipinski definition) is 4. The van der Waals surface area contributed by atoms with Gasteiger partial charge in [-0.15, -0.1) is 0 Å². The number of hydrogen-bond donors (Lipinski definition) is 2. The van der Waals surface area contributed by atoms with Crippen molar-refractivity contribution in [2.24, 2.45) is 0 Å². The minimum atomic E-state index is -0.201. The molecule has 0 spiro atoms. The summed E-state index contributed by atoms with van der Waals surface area (Å²) in [5.74, 6) is -0.201. The van der Waals surface area contributed by atoms with Crippen LogP contribution < -0.4 is 10.6 Å². The molecule has 0 radical (unpaired) electrons. The summed E-state index contributed by atoms with van der Waals surface area (Å²) in [5, 5.41) is 6.26. The number of halogens is 1. The molecule has 0 unspecified atom stereocenters. The number of carbonyl (C=O) groups excluding carboxylic acids is 1. The van der Waals surface area contributed by atoms with Crippen molar-refractivity contribution in [3.63, 3.8) is 0 Å². The summed E-state index contributed by atoms with van der Waals surface area (Å²) in [6, 6.07) is 1.79. The lowest BCUT2D eigenvalue weighted by molar-refractivity contribution is -0.123. The van der Waals surface area contributed by atoms with Crippen LogP contribution in [0.2, 0.25) is 5.15 Å². The summed E-state index contributed by atoms with van der Waals surface area (Å²) in [4.78, 5) is 15.8. The molecule has 104 valence electrons. The van der Waals surface area contributed by atoms with Gasteiger partial charge in [-0.1, -0.05) is 11.6 Å². The number of nitrogens with one attached hydrogen (secondary N) is 2. The van der Waals surface area contributed by atoms with Gasteiger partial charge in [-0.05, 0) is 44.5 Å². The Balaban J connectivity index is 1.81. The van der Waals surface area contributed by atoms with E-state index in [1.165, 1.54) is 0 Å². The number of nitrogens with zero attached hydrogens (tertiary/aromatic N) is 1. The molecule has 0 aliphatic carbocycles. The maximum absolute atomic E-state index is 11.8. The molecule has 1 aromatic heterocycles. The molecule has 2 rings (SSSR count). The van der Waals surface area contributed by atoms with E-state index in [0.29, 0.717) is 10.8 Å². The minimum absolute atomic E-state index is 0.0505. The molecule has 0 saturated carbocycles. The third kappa shape index (κ3) is 4.45. The van der Waals surface area contributed by atoms with Gasteiger partial charge in [-0.25, -0.2) is 4.98 Å². The molecule has 1 aromatic rings. The molecular formula is C13H18ClN3O2. The number of ether oxygens (including phenoxy) is 1. The van der Waals surface area contributed by atoms with Crippen molar-refractivity contribution in [2.75, 3.05) is 25.0 Å². The fourth-order valence-electron chi connectivity index (χ4n) is 1.98. The highest BCUT2D eigenvalue weighted by Gasteiger charge is 2.15. The molecular weight excluding hydrogens is 266 g/mol. The van der Waals surface area contributed by atoms with Gasteiger partial charge < -0.3 is 15.4 Å². The fraction of sp³-hybridized carbons (Fsp3) is 0.538. The molecule has 2 heterocycles. The largest absolute Gasteiger partial charge is 0.368 e. The van der Waals surface area contributed by atoms with Crippen molar-refractivity contribution in [1.82, 2.24) is 10.3 Å². The van der Waals surface area contributed by atoms with E-state index >= 15 is 0 Å². The normalized spacial score (nSPS) is 16.3. The van der Waals surface area contributed by atoms with Crippen LogP contribution in [0.25, 0.3) is 0 Å².